The molecule has 0 spiro atoms. The molecule has 4 nitrogen and oxygen atoms in total. The SMILES string of the molecule is CNCc1ccc(NC(=O)c2ccc(C)cc2O)cc1. The van der Waals surface area contributed by atoms with E-state index < -0.39 is 0 Å². The molecule has 3 N–H and O–H groups in total. The molecule has 1 amide bonds. The van der Waals surface area contributed by atoms with Gasteiger partial charge in [-0.2, -0.15) is 0 Å². The topological polar surface area (TPSA) is 61.4 Å². The fourth-order valence-electron chi connectivity index (χ4n) is 1.94. The van der Waals surface area contributed by atoms with Gasteiger partial charge in [-0.15, -0.1) is 0 Å². The minimum absolute atomic E-state index is 0.00527. The van der Waals surface area contributed by atoms with Gasteiger partial charge in [0.15, 0.2) is 0 Å². The zero-order valence-corrected chi connectivity index (χ0v) is 11.6. The third-order valence-corrected chi connectivity index (χ3v) is 2.99. The van der Waals surface area contributed by atoms with Crippen LogP contribution in [0.2, 0.25) is 0 Å². The number of nitrogens with one attached hydrogen (secondary N) is 2. The van der Waals surface area contributed by atoms with Crippen LogP contribution in [-0.2, 0) is 6.54 Å². The van der Waals surface area contributed by atoms with Crippen LogP contribution >= 0.6 is 0 Å². The summed E-state index contributed by atoms with van der Waals surface area (Å²) in [5.41, 5.74) is 3.03. The van der Waals surface area contributed by atoms with Gasteiger partial charge in [-0.3, -0.25) is 4.79 Å². The molecule has 20 heavy (non-hydrogen) atoms. The van der Waals surface area contributed by atoms with E-state index in [1.165, 1.54) is 0 Å². The lowest BCUT2D eigenvalue weighted by atomic mass is 10.1. The van der Waals surface area contributed by atoms with Gasteiger partial charge >= 0.3 is 0 Å². The van der Waals surface area contributed by atoms with Crippen LogP contribution < -0.4 is 10.6 Å². The summed E-state index contributed by atoms with van der Waals surface area (Å²) in [5.74, 6) is -0.321. The number of rotatable bonds is 4. The Morgan fingerprint density at radius 1 is 1.15 bits per heavy atom. The molecule has 0 radical (unpaired) electrons. The second-order valence-corrected chi connectivity index (χ2v) is 4.70. The van der Waals surface area contributed by atoms with E-state index in [0.29, 0.717) is 5.69 Å². The van der Waals surface area contributed by atoms with Gasteiger partial charge in [0, 0.05) is 12.2 Å². The van der Waals surface area contributed by atoms with Crippen molar-refractivity contribution in [1.29, 1.82) is 0 Å². The van der Waals surface area contributed by atoms with Crippen molar-refractivity contribution < 1.29 is 9.90 Å². The Morgan fingerprint density at radius 2 is 1.85 bits per heavy atom. The van der Waals surface area contributed by atoms with Gasteiger partial charge in [-0.25, -0.2) is 0 Å². The first-order valence-electron chi connectivity index (χ1n) is 6.44. The van der Waals surface area contributed by atoms with Crippen molar-refractivity contribution in [3.8, 4) is 5.75 Å². The van der Waals surface area contributed by atoms with Crippen LogP contribution in [0, 0.1) is 6.92 Å². The molecule has 104 valence electrons. The van der Waals surface area contributed by atoms with Crippen LogP contribution in [-0.4, -0.2) is 18.1 Å². The van der Waals surface area contributed by atoms with Crippen LogP contribution in [0.4, 0.5) is 5.69 Å². The van der Waals surface area contributed by atoms with Gasteiger partial charge in [-0.05, 0) is 49.4 Å². The number of carbonyl (C=O) groups excluding carboxylic acids is 1. The summed E-state index contributed by atoms with van der Waals surface area (Å²) in [7, 11) is 1.88. The first-order valence-corrected chi connectivity index (χ1v) is 6.44. The van der Waals surface area contributed by atoms with Crippen LogP contribution in [0.5, 0.6) is 5.75 Å². The lowest BCUT2D eigenvalue weighted by molar-refractivity contribution is 0.102. The Labute approximate surface area is 118 Å². The molecule has 0 saturated carbocycles. The number of amides is 1. The molecule has 0 bridgehead atoms. The summed E-state index contributed by atoms with van der Waals surface area (Å²) in [5, 5.41) is 15.6. The fourth-order valence-corrected chi connectivity index (χ4v) is 1.94. The number of aromatic hydroxyl groups is 1. The predicted octanol–water partition coefficient (Wildman–Crippen LogP) is 2.67. The number of aryl methyl sites for hydroxylation is 1. The van der Waals surface area contributed by atoms with Crippen molar-refractivity contribution in [3.63, 3.8) is 0 Å². The van der Waals surface area contributed by atoms with E-state index in [1.54, 1.807) is 18.2 Å². The highest BCUT2D eigenvalue weighted by Gasteiger charge is 2.11. The maximum Gasteiger partial charge on any atom is 0.259 e. The lowest BCUT2D eigenvalue weighted by Gasteiger charge is -2.08. The van der Waals surface area contributed by atoms with Gasteiger partial charge in [0.25, 0.3) is 5.91 Å². The maximum atomic E-state index is 12.1. The van der Waals surface area contributed by atoms with Gasteiger partial charge in [0.05, 0.1) is 5.56 Å². The molecular formula is C16H18N2O2. The second kappa shape index (κ2) is 6.21. The highest BCUT2D eigenvalue weighted by molar-refractivity contribution is 6.06. The molecule has 0 atom stereocenters. The monoisotopic (exact) mass is 270 g/mol. The summed E-state index contributed by atoms with van der Waals surface area (Å²) < 4.78 is 0. The third kappa shape index (κ3) is 3.36. The summed E-state index contributed by atoms with van der Waals surface area (Å²) in [6.07, 6.45) is 0. The molecule has 0 saturated heterocycles. The van der Waals surface area contributed by atoms with Gasteiger partial charge in [0.1, 0.15) is 5.75 Å². The molecule has 0 aliphatic rings. The molecule has 4 heteroatoms. The number of benzene rings is 2. The molecular weight excluding hydrogens is 252 g/mol. The van der Waals surface area contributed by atoms with E-state index in [-0.39, 0.29) is 17.2 Å². The van der Waals surface area contributed by atoms with Crippen LogP contribution in [0.15, 0.2) is 42.5 Å². The molecule has 0 aliphatic heterocycles. The zero-order valence-electron chi connectivity index (χ0n) is 11.6. The first kappa shape index (κ1) is 14.1. The van der Waals surface area contributed by atoms with Crippen molar-refractivity contribution in [1.82, 2.24) is 5.32 Å². The Kier molecular flexibility index (Phi) is 4.38. The van der Waals surface area contributed by atoms with Gasteiger partial charge < -0.3 is 15.7 Å². The molecule has 2 aromatic carbocycles. The maximum absolute atomic E-state index is 12.1. The van der Waals surface area contributed by atoms with Crippen molar-refractivity contribution in [2.24, 2.45) is 0 Å². The number of hydrogen-bond donors (Lipinski definition) is 3. The lowest BCUT2D eigenvalue weighted by Crippen LogP contribution is -2.12. The third-order valence-electron chi connectivity index (χ3n) is 2.99. The van der Waals surface area contributed by atoms with Crippen LogP contribution in [0.25, 0.3) is 0 Å². The Hall–Kier alpha value is -2.33. The quantitative estimate of drug-likeness (QED) is 0.800. The first-order chi connectivity index (χ1) is 9.60. The van der Waals surface area contributed by atoms with Crippen LogP contribution in [0.3, 0.4) is 0 Å². The Bertz CT molecular complexity index is 606. The van der Waals surface area contributed by atoms with Gasteiger partial charge in [-0.1, -0.05) is 18.2 Å². The van der Waals surface area contributed by atoms with E-state index in [0.717, 1.165) is 17.7 Å². The van der Waals surface area contributed by atoms with E-state index >= 15 is 0 Å². The fraction of sp³-hybridized carbons (Fsp3) is 0.188. The summed E-state index contributed by atoms with van der Waals surface area (Å²) in [6, 6.07) is 12.6. The van der Waals surface area contributed by atoms with E-state index in [1.807, 2.05) is 38.2 Å². The number of hydrogen-bond acceptors (Lipinski definition) is 3. The summed E-state index contributed by atoms with van der Waals surface area (Å²) in [4.78, 5) is 12.1. The standard InChI is InChI=1S/C16H18N2O2/c1-11-3-8-14(15(19)9-11)16(20)18-13-6-4-12(5-7-13)10-17-2/h3-9,17,19H,10H2,1-2H3,(H,18,20). The largest absolute Gasteiger partial charge is 0.507 e. The highest BCUT2D eigenvalue weighted by atomic mass is 16.3. The van der Waals surface area contributed by atoms with Gasteiger partial charge in [0.2, 0.25) is 0 Å². The average molecular weight is 270 g/mol. The molecule has 0 aliphatic carbocycles. The van der Waals surface area contributed by atoms with E-state index in [9.17, 15) is 9.90 Å². The smallest absolute Gasteiger partial charge is 0.259 e. The number of carbonyl (C=O) groups is 1. The van der Waals surface area contributed by atoms with Crippen LogP contribution in [0.1, 0.15) is 21.5 Å². The number of phenolic OH excluding ortho intramolecular Hbond substituents is 1. The minimum Gasteiger partial charge on any atom is -0.507 e. The average Bonchev–Trinajstić information content (AvgIpc) is 2.41. The van der Waals surface area contributed by atoms with Crippen molar-refractivity contribution in [2.75, 3.05) is 12.4 Å². The predicted molar refractivity (Wildman–Crippen MR) is 80.0 cm³/mol. The molecule has 2 aromatic rings. The Balaban J connectivity index is 2.11. The van der Waals surface area contributed by atoms with E-state index in [4.69, 9.17) is 0 Å². The molecule has 0 heterocycles. The molecule has 0 unspecified atom stereocenters. The van der Waals surface area contributed by atoms with Crippen molar-refractivity contribution in [2.45, 2.75) is 13.5 Å². The van der Waals surface area contributed by atoms with Crippen molar-refractivity contribution >= 4 is 11.6 Å². The minimum atomic E-state index is -0.316. The molecule has 0 fully saturated rings. The number of anilines is 1. The Morgan fingerprint density at radius 3 is 2.45 bits per heavy atom. The summed E-state index contributed by atoms with van der Waals surface area (Å²) >= 11 is 0. The van der Waals surface area contributed by atoms with E-state index in [2.05, 4.69) is 10.6 Å². The second-order valence-electron chi connectivity index (χ2n) is 4.70. The summed E-state index contributed by atoms with van der Waals surface area (Å²) in [6.45, 7) is 2.65. The highest BCUT2D eigenvalue weighted by Crippen LogP contribution is 2.20. The number of phenols is 1. The molecule has 2 rings (SSSR count). The normalized spacial score (nSPS) is 10.3. The zero-order chi connectivity index (χ0) is 14.5. The van der Waals surface area contributed by atoms with Crippen molar-refractivity contribution in [3.05, 3.63) is 59.2 Å². The molecule has 0 aromatic heterocycles.